The number of aryl methyl sites for hydroxylation is 2. The van der Waals surface area contributed by atoms with Gasteiger partial charge in [0.1, 0.15) is 0 Å². The number of hydrogen-bond acceptors (Lipinski definition) is 3. The van der Waals surface area contributed by atoms with Gasteiger partial charge in [-0.3, -0.25) is 4.98 Å². The molecule has 0 unspecified atom stereocenters. The first kappa shape index (κ1) is 10.2. The number of nitrogens with zero attached hydrogens (tertiary/aromatic N) is 3. The number of rotatable bonds is 1. The first-order valence-corrected chi connectivity index (χ1v) is 5.37. The van der Waals surface area contributed by atoms with E-state index in [2.05, 4.69) is 30.9 Å². The Bertz CT molecular complexity index is 480. The minimum absolute atomic E-state index is 0.715. The molecule has 0 saturated heterocycles. The van der Waals surface area contributed by atoms with E-state index in [4.69, 9.17) is 0 Å². The van der Waals surface area contributed by atoms with Gasteiger partial charge in [-0.25, -0.2) is 9.97 Å². The number of aromatic nitrogens is 3. The fraction of sp³-hybridized carbons (Fsp3) is 0.182. The molecule has 2 rings (SSSR count). The van der Waals surface area contributed by atoms with Gasteiger partial charge in [-0.1, -0.05) is 0 Å². The van der Waals surface area contributed by atoms with E-state index >= 15 is 0 Å². The summed E-state index contributed by atoms with van der Waals surface area (Å²) in [6.07, 6.45) is 5.33. The summed E-state index contributed by atoms with van der Waals surface area (Å²) in [6.45, 7) is 3.97. The van der Waals surface area contributed by atoms with Gasteiger partial charge < -0.3 is 0 Å². The molecule has 2 heterocycles. The topological polar surface area (TPSA) is 38.7 Å². The van der Waals surface area contributed by atoms with Gasteiger partial charge in [0, 0.05) is 29.8 Å². The van der Waals surface area contributed by atoms with E-state index in [9.17, 15) is 0 Å². The Morgan fingerprint density at radius 3 is 2.33 bits per heavy atom. The second-order valence-corrected chi connectivity index (χ2v) is 4.29. The summed E-state index contributed by atoms with van der Waals surface area (Å²) < 4.78 is 0.879. The van der Waals surface area contributed by atoms with Gasteiger partial charge in [-0.05, 0) is 41.4 Å². The molecule has 15 heavy (non-hydrogen) atoms. The summed E-state index contributed by atoms with van der Waals surface area (Å²) >= 11 is 3.31. The van der Waals surface area contributed by atoms with Gasteiger partial charge >= 0.3 is 0 Å². The summed E-state index contributed by atoms with van der Waals surface area (Å²) in [5.41, 5.74) is 3.05. The minimum Gasteiger partial charge on any atom is -0.261 e. The van der Waals surface area contributed by atoms with Crippen LogP contribution in [0.2, 0.25) is 0 Å². The van der Waals surface area contributed by atoms with Crippen molar-refractivity contribution in [2.75, 3.05) is 0 Å². The molecule has 2 aromatic rings. The van der Waals surface area contributed by atoms with Gasteiger partial charge in [0.15, 0.2) is 5.82 Å². The second-order valence-electron chi connectivity index (χ2n) is 3.37. The number of pyridine rings is 1. The standard InChI is InChI=1S/C11H10BrN3/c1-7-3-10(8(2)13-4-7)11-14-5-9(12)6-15-11/h3-6H,1-2H3. The van der Waals surface area contributed by atoms with E-state index in [0.29, 0.717) is 5.82 Å². The molecule has 0 fully saturated rings. The third-order valence-corrected chi connectivity index (χ3v) is 2.49. The van der Waals surface area contributed by atoms with Gasteiger partial charge in [0.25, 0.3) is 0 Å². The van der Waals surface area contributed by atoms with Crippen LogP contribution in [-0.4, -0.2) is 15.0 Å². The Labute approximate surface area is 96.7 Å². The van der Waals surface area contributed by atoms with Crippen LogP contribution in [0.25, 0.3) is 11.4 Å². The Hall–Kier alpha value is -1.29. The molecule has 2 aromatic heterocycles. The van der Waals surface area contributed by atoms with E-state index in [-0.39, 0.29) is 0 Å². The highest BCUT2D eigenvalue weighted by Gasteiger charge is 2.05. The normalized spacial score (nSPS) is 10.3. The zero-order valence-corrected chi connectivity index (χ0v) is 10.1. The van der Waals surface area contributed by atoms with Crippen LogP contribution in [0.1, 0.15) is 11.3 Å². The zero-order chi connectivity index (χ0) is 10.8. The van der Waals surface area contributed by atoms with Gasteiger partial charge in [0.05, 0.1) is 4.47 Å². The first-order valence-electron chi connectivity index (χ1n) is 4.58. The van der Waals surface area contributed by atoms with Crippen molar-refractivity contribution < 1.29 is 0 Å². The Balaban J connectivity index is 2.53. The highest BCUT2D eigenvalue weighted by atomic mass is 79.9. The Morgan fingerprint density at radius 2 is 1.67 bits per heavy atom. The molecule has 0 spiro atoms. The average molecular weight is 264 g/mol. The third-order valence-electron chi connectivity index (χ3n) is 2.08. The Morgan fingerprint density at radius 1 is 1.00 bits per heavy atom. The van der Waals surface area contributed by atoms with Crippen molar-refractivity contribution in [1.82, 2.24) is 15.0 Å². The van der Waals surface area contributed by atoms with Crippen molar-refractivity contribution in [2.24, 2.45) is 0 Å². The maximum absolute atomic E-state index is 4.29. The monoisotopic (exact) mass is 263 g/mol. The van der Waals surface area contributed by atoms with Crippen LogP contribution >= 0.6 is 15.9 Å². The molecule has 0 aliphatic rings. The molecule has 0 atom stereocenters. The maximum atomic E-state index is 4.29. The van der Waals surface area contributed by atoms with Crippen molar-refractivity contribution in [3.05, 3.63) is 40.4 Å². The predicted octanol–water partition coefficient (Wildman–Crippen LogP) is 2.92. The van der Waals surface area contributed by atoms with Crippen molar-refractivity contribution in [3.63, 3.8) is 0 Å². The highest BCUT2D eigenvalue weighted by Crippen LogP contribution is 2.19. The molecule has 0 saturated carbocycles. The molecule has 0 N–H and O–H groups in total. The van der Waals surface area contributed by atoms with Crippen LogP contribution in [-0.2, 0) is 0 Å². The van der Waals surface area contributed by atoms with Crippen molar-refractivity contribution in [3.8, 4) is 11.4 Å². The third kappa shape index (κ3) is 2.21. The fourth-order valence-corrected chi connectivity index (χ4v) is 1.52. The maximum Gasteiger partial charge on any atom is 0.161 e. The number of halogens is 1. The molecule has 0 aliphatic heterocycles. The minimum atomic E-state index is 0.715. The largest absolute Gasteiger partial charge is 0.261 e. The molecule has 0 radical (unpaired) electrons. The van der Waals surface area contributed by atoms with Crippen LogP contribution in [0.3, 0.4) is 0 Å². The lowest BCUT2D eigenvalue weighted by molar-refractivity contribution is 1.11. The SMILES string of the molecule is Cc1cnc(C)c(-c2ncc(Br)cn2)c1. The Kier molecular flexibility index (Phi) is 2.77. The van der Waals surface area contributed by atoms with Gasteiger partial charge in [-0.15, -0.1) is 0 Å². The van der Waals surface area contributed by atoms with Gasteiger partial charge in [0.2, 0.25) is 0 Å². The summed E-state index contributed by atoms with van der Waals surface area (Å²) in [6, 6.07) is 2.05. The average Bonchev–Trinajstić information content (AvgIpc) is 2.23. The smallest absolute Gasteiger partial charge is 0.161 e. The van der Waals surface area contributed by atoms with Crippen LogP contribution in [0.5, 0.6) is 0 Å². The van der Waals surface area contributed by atoms with E-state index in [0.717, 1.165) is 21.3 Å². The number of hydrogen-bond donors (Lipinski definition) is 0. The summed E-state index contributed by atoms with van der Waals surface area (Å²) in [7, 11) is 0. The van der Waals surface area contributed by atoms with Crippen molar-refractivity contribution in [2.45, 2.75) is 13.8 Å². The fourth-order valence-electron chi connectivity index (χ4n) is 1.32. The summed E-state index contributed by atoms with van der Waals surface area (Å²) in [5, 5.41) is 0. The van der Waals surface area contributed by atoms with Crippen molar-refractivity contribution in [1.29, 1.82) is 0 Å². The predicted molar refractivity (Wildman–Crippen MR) is 62.4 cm³/mol. The molecular formula is C11H10BrN3. The van der Waals surface area contributed by atoms with Crippen LogP contribution in [0.4, 0.5) is 0 Å². The molecule has 3 nitrogen and oxygen atoms in total. The summed E-state index contributed by atoms with van der Waals surface area (Å²) in [4.78, 5) is 12.8. The highest BCUT2D eigenvalue weighted by molar-refractivity contribution is 9.10. The van der Waals surface area contributed by atoms with Gasteiger partial charge in [-0.2, -0.15) is 0 Å². The molecule has 0 aliphatic carbocycles. The van der Waals surface area contributed by atoms with Crippen LogP contribution in [0.15, 0.2) is 29.1 Å². The van der Waals surface area contributed by atoms with E-state index in [1.807, 2.05) is 26.1 Å². The zero-order valence-electron chi connectivity index (χ0n) is 8.53. The van der Waals surface area contributed by atoms with E-state index in [1.165, 1.54) is 0 Å². The van der Waals surface area contributed by atoms with Crippen LogP contribution in [0, 0.1) is 13.8 Å². The molecule has 0 aromatic carbocycles. The lowest BCUT2D eigenvalue weighted by Gasteiger charge is -2.04. The lowest BCUT2D eigenvalue weighted by Crippen LogP contribution is -1.93. The van der Waals surface area contributed by atoms with E-state index < -0.39 is 0 Å². The van der Waals surface area contributed by atoms with E-state index in [1.54, 1.807) is 12.4 Å². The molecular weight excluding hydrogens is 254 g/mol. The molecule has 76 valence electrons. The summed E-state index contributed by atoms with van der Waals surface area (Å²) in [5.74, 6) is 0.715. The quantitative estimate of drug-likeness (QED) is 0.794. The first-order chi connectivity index (χ1) is 7.16. The van der Waals surface area contributed by atoms with Crippen LogP contribution < -0.4 is 0 Å². The second kappa shape index (κ2) is 4.06. The molecule has 0 bridgehead atoms. The van der Waals surface area contributed by atoms with Crippen molar-refractivity contribution >= 4 is 15.9 Å². The molecule has 0 amide bonds. The lowest BCUT2D eigenvalue weighted by atomic mass is 10.1. The molecule has 4 heteroatoms.